The van der Waals surface area contributed by atoms with E-state index in [1.807, 2.05) is 49.4 Å². The predicted molar refractivity (Wildman–Crippen MR) is 86.1 cm³/mol. The highest BCUT2D eigenvalue weighted by molar-refractivity contribution is 9.10. The van der Waals surface area contributed by atoms with Crippen molar-refractivity contribution in [1.29, 1.82) is 0 Å². The summed E-state index contributed by atoms with van der Waals surface area (Å²) in [4.78, 5) is 7.36. The van der Waals surface area contributed by atoms with Crippen LogP contribution in [0.3, 0.4) is 0 Å². The number of aromatic amines is 1. The molecule has 3 aromatic rings. The van der Waals surface area contributed by atoms with Crippen molar-refractivity contribution >= 4 is 38.7 Å². The van der Waals surface area contributed by atoms with Gasteiger partial charge in [-0.1, -0.05) is 27.6 Å². The minimum atomic E-state index is 0.145. The third-order valence-corrected chi connectivity index (χ3v) is 3.67. The standard InChI is InChI=1S/C16H13BrN2O/c1-10-2-7-15-13(8-10)14(16(20)19-15)9-18-12-5-3-11(17)4-6-12/h2-9,19-20H,1H3. The molecule has 0 bridgehead atoms. The number of nitrogens with one attached hydrogen (secondary N) is 1. The number of aromatic nitrogens is 1. The third-order valence-electron chi connectivity index (χ3n) is 3.14. The molecule has 0 atom stereocenters. The van der Waals surface area contributed by atoms with Crippen LogP contribution in [0.25, 0.3) is 10.9 Å². The van der Waals surface area contributed by atoms with Gasteiger partial charge in [0.2, 0.25) is 0 Å². The topological polar surface area (TPSA) is 48.4 Å². The number of nitrogens with zero attached hydrogens (tertiary/aromatic N) is 1. The minimum absolute atomic E-state index is 0.145. The summed E-state index contributed by atoms with van der Waals surface area (Å²) in [6, 6.07) is 13.7. The summed E-state index contributed by atoms with van der Waals surface area (Å²) in [6.45, 7) is 2.03. The number of hydrogen-bond donors (Lipinski definition) is 2. The molecule has 4 heteroatoms. The van der Waals surface area contributed by atoms with Gasteiger partial charge in [-0.3, -0.25) is 4.99 Å². The Bertz CT molecular complexity index is 788. The van der Waals surface area contributed by atoms with E-state index in [1.54, 1.807) is 6.21 Å². The predicted octanol–water partition coefficient (Wildman–Crippen LogP) is 4.70. The highest BCUT2D eigenvalue weighted by atomic mass is 79.9. The zero-order valence-corrected chi connectivity index (χ0v) is 12.5. The van der Waals surface area contributed by atoms with Gasteiger partial charge in [-0.15, -0.1) is 0 Å². The molecule has 3 rings (SSSR count). The van der Waals surface area contributed by atoms with Crippen molar-refractivity contribution in [3.8, 4) is 5.88 Å². The van der Waals surface area contributed by atoms with E-state index in [1.165, 1.54) is 0 Å². The van der Waals surface area contributed by atoms with Gasteiger partial charge in [0.1, 0.15) is 0 Å². The van der Waals surface area contributed by atoms with Crippen molar-refractivity contribution in [2.24, 2.45) is 4.99 Å². The molecule has 1 heterocycles. The van der Waals surface area contributed by atoms with E-state index in [4.69, 9.17) is 0 Å². The largest absolute Gasteiger partial charge is 0.494 e. The molecule has 0 unspecified atom stereocenters. The molecule has 0 fully saturated rings. The van der Waals surface area contributed by atoms with Crippen LogP contribution in [0, 0.1) is 6.92 Å². The number of aryl methyl sites for hydroxylation is 1. The average Bonchev–Trinajstić information content (AvgIpc) is 2.73. The Labute approximate surface area is 125 Å². The van der Waals surface area contributed by atoms with Crippen molar-refractivity contribution in [3.63, 3.8) is 0 Å². The van der Waals surface area contributed by atoms with Crippen LogP contribution < -0.4 is 0 Å². The fraction of sp³-hybridized carbons (Fsp3) is 0.0625. The molecule has 0 saturated heterocycles. The normalized spacial score (nSPS) is 11.5. The van der Waals surface area contributed by atoms with E-state index in [-0.39, 0.29) is 5.88 Å². The van der Waals surface area contributed by atoms with Crippen LogP contribution in [0.2, 0.25) is 0 Å². The van der Waals surface area contributed by atoms with Gasteiger partial charge in [-0.05, 0) is 43.3 Å². The summed E-state index contributed by atoms with van der Waals surface area (Å²) < 4.78 is 1.02. The Morgan fingerprint density at radius 3 is 2.65 bits per heavy atom. The Hall–Kier alpha value is -2.07. The molecule has 0 aliphatic rings. The lowest BCUT2D eigenvalue weighted by molar-refractivity contribution is 0.457. The quantitative estimate of drug-likeness (QED) is 0.658. The number of rotatable bonds is 2. The highest BCUT2D eigenvalue weighted by Gasteiger charge is 2.08. The van der Waals surface area contributed by atoms with Crippen molar-refractivity contribution in [2.75, 3.05) is 0 Å². The molecule has 0 amide bonds. The van der Waals surface area contributed by atoms with E-state index in [0.29, 0.717) is 5.56 Å². The molecule has 2 N–H and O–H groups in total. The summed E-state index contributed by atoms with van der Waals surface area (Å²) in [5.74, 6) is 0.145. The molecule has 0 spiro atoms. The zero-order valence-electron chi connectivity index (χ0n) is 10.9. The maximum atomic E-state index is 9.99. The molecule has 0 saturated carbocycles. The van der Waals surface area contributed by atoms with Gasteiger partial charge >= 0.3 is 0 Å². The fourth-order valence-corrected chi connectivity index (χ4v) is 2.37. The SMILES string of the molecule is Cc1ccc2[nH]c(O)c(C=Nc3ccc(Br)cc3)c2c1. The van der Waals surface area contributed by atoms with Gasteiger partial charge in [-0.25, -0.2) is 0 Å². The molecule has 0 aliphatic carbocycles. The summed E-state index contributed by atoms with van der Waals surface area (Å²) in [5, 5.41) is 11.0. The second-order valence-electron chi connectivity index (χ2n) is 4.67. The number of hydrogen-bond acceptors (Lipinski definition) is 2. The Morgan fingerprint density at radius 2 is 1.90 bits per heavy atom. The zero-order chi connectivity index (χ0) is 14.1. The van der Waals surface area contributed by atoms with Gasteiger partial charge in [0, 0.05) is 21.6 Å². The first-order valence-corrected chi connectivity index (χ1v) is 7.04. The molecule has 0 aliphatic heterocycles. The smallest absolute Gasteiger partial charge is 0.198 e. The monoisotopic (exact) mass is 328 g/mol. The van der Waals surface area contributed by atoms with Gasteiger partial charge in [0.25, 0.3) is 0 Å². The van der Waals surface area contributed by atoms with E-state index in [9.17, 15) is 5.11 Å². The number of aromatic hydroxyl groups is 1. The second kappa shape index (κ2) is 5.13. The van der Waals surface area contributed by atoms with E-state index in [0.717, 1.165) is 26.6 Å². The number of halogens is 1. The Kier molecular flexibility index (Phi) is 3.32. The van der Waals surface area contributed by atoms with Crippen LogP contribution in [0.5, 0.6) is 5.88 Å². The number of fused-ring (bicyclic) bond motifs is 1. The lowest BCUT2D eigenvalue weighted by Gasteiger charge is -1.96. The van der Waals surface area contributed by atoms with E-state index in [2.05, 4.69) is 25.9 Å². The first kappa shape index (κ1) is 12.9. The van der Waals surface area contributed by atoms with Crippen LogP contribution in [0.1, 0.15) is 11.1 Å². The Morgan fingerprint density at radius 1 is 1.15 bits per heavy atom. The molecular formula is C16H13BrN2O. The molecule has 3 nitrogen and oxygen atoms in total. The summed E-state index contributed by atoms with van der Waals surface area (Å²) in [5.41, 5.74) is 3.61. The molecule has 20 heavy (non-hydrogen) atoms. The number of aliphatic imine (C=N–C) groups is 1. The molecule has 2 aromatic carbocycles. The number of H-pyrrole nitrogens is 1. The summed E-state index contributed by atoms with van der Waals surface area (Å²) in [6.07, 6.45) is 1.69. The third kappa shape index (κ3) is 2.47. The van der Waals surface area contributed by atoms with Crippen molar-refractivity contribution in [1.82, 2.24) is 4.98 Å². The Balaban J connectivity index is 2.03. The highest BCUT2D eigenvalue weighted by Crippen LogP contribution is 2.27. The lowest BCUT2D eigenvalue weighted by atomic mass is 10.1. The first-order chi connectivity index (χ1) is 9.63. The fourth-order valence-electron chi connectivity index (χ4n) is 2.11. The average molecular weight is 329 g/mol. The van der Waals surface area contributed by atoms with Gasteiger partial charge < -0.3 is 10.1 Å². The van der Waals surface area contributed by atoms with Gasteiger partial charge in [0.05, 0.1) is 11.3 Å². The molecule has 100 valence electrons. The summed E-state index contributed by atoms with van der Waals surface area (Å²) in [7, 11) is 0. The van der Waals surface area contributed by atoms with E-state index < -0.39 is 0 Å². The maximum Gasteiger partial charge on any atom is 0.198 e. The van der Waals surface area contributed by atoms with Crippen LogP contribution in [-0.2, 0) is 0 Å². The van der Waals surface area contributed by atoms with Crippen LogP contribution in [0.4, 0.5) is 5.69 Å². The minimum Gasteiger partial charge on any atom is -0.494 e. The van der Waals surface area contributed by atoms with Crippen molar-refractivity contribution in [2.45, 2.75) is 6.92 Å². The van der Waals surface area contributed by atoms with Crippen molar-refractivity contribution in [3.05, 3.63) is 58.1 Å². The molecule has 1 aromatic heterocycles. The van der Waals surface area contributed by atoms with Crippen molar-refractivity contribution < 1.29 is 5.11 Å². The van der Waals surface area contributed by atoms with Crippen LogP contribution in [0.15, 0.2) is 51.9 Å². The van der Waals surface area contributed by atoms with E-state index >= 15 is 0 Å². The molecular weight excluding hydrogens is 316 g/mol. The summed E-state index contributed by atoms with van der Waals surface area (Å²) >= 11 is 3.39. The maximum absolute atomic E-state index is 9.99. The van der Waals surface area contributed by atoms with Gasteiger partial charge in [-0.2, -0.15) is 0 Å². The first-order valence-electron chi connectivity index (χ1n) is 6.24. The molecule has 0 radical (unpaired) electrons. The lowest BCUT2D eigenvalue weighted by Crippen LogP contribution is -1.80. The van der Waals surface area contributed by atoms with Crippen LogP contribution in [-0.4, -0.2) is 16.3 Å². The number of benzene rings is 2. The van der Waals surface area contributed by atoms with Crippen LogP contribution >= 0.6 is 15.9 Å². The van der Waals surface area contributed by atoms with Gasteiger partial charge in [0.15, 0.2) is 5.88 Å². The second-order valence-corrected chi connectivity index (χ2v) is 5.59.